The summed E-state index contributed by atoms with van der Waals surface area (Å²) in [7, 11) is 0. The summed E-state index contributed by atoms with van der Waals surface area (Å²) >= 11 is 5.90. The second kappa shape index (κ2) is 5.02. The molecule has 0 aromatic carbocycles. The third kappa shape index (κ3) is 2.08. The summed E-state index contributed by atoms with van der Waals surface area (Å²) in [5.74, 6) is 0.784. The number of rotatable bonds is 2. The smallest absolute Gasteiger partial charge is 0.141 e. The standard InChI is InChI=1S/C13H16ClFN2O/c14-7-9-6-10(15)8-16-13(9)17-4-5-18-12-3-1-2-11(12)17/h6,8,11-12H,1-5,7H2. The molecular formula is C13H16ClFN2O. The molecule has 1 aliphatic carbocycles. The summed E-state index contributed by atoms with van der Waals surface area (Å²) in [6.07, 6.45) is 4.98. The molecule has 2 fully saturated rings. The molecule has 1 aromatic heterocycles. The summed E-state index contributed by atoms with van der Waals surface area (Å²) in [5.41, 5.74) is 0.768. The van der Waals surface area contributed by atoms with Gasteiger partial charge in [0.2, 0.25) is 0 Å². The van der Waals surface area contributed by atoms with Crippen molar-refractivity contribution in [1.29, 1.82) is 0 Å². The van der Waals surface area contributed by atoms with Gasteiger partial charge >= 0.3 is 0 Å². The van der Waals surface area contributed by atoms with E-state index in [4.69, 9.17) is 16.3 Å². The monoisotopic (exact) mass is 270 g/mol. The number of alkyl halides is 1. The molecule has 2 atom stereocenters. The highest BCUT2D eigenvalue weighted by molar-refractivity contribution is 6.17. The third-order valence-corrected chi connectivity index (χ3v) is 4.10. The topological polar surface area (TPSA) is 25.4 Å². The molecule has 2 heterocycles. The number of nitrogens with zero attached hydrogens (tertiary/aromatic N) is 2. The second-order valence-corrected chi connectivity index (χ2v) is 5.14. The lowest BCUT2D eigenvalue weighted by molar-refractivity contribution is 0.0252. The summed E-state index contributed by atoms with van der Waals surface area (Å²) in [6.45, 7) is 1.52. The highest BCUT2D eigenvalue weighted by atomic mass is 35.5. The Bertz CT molecular complexity index is 443. The molecule has 1 aromatic rings. The molecule has 0 spiro atoms. The molecule has 2 aliphatic rings. The Morgan fingerprint density at radius 2 is 2.39 bits per heavy atom. The van der Waals surface area contributed by atoms with E-state index in [1.807, 2.05) is 0 Å². The van der Waals surface area contributed by atoms with Crippen molar-refractivity contribution in [3.05, 3.63) is 23.6 Å². The number of fused-ring (bicyclic) bond motifs is 1. The van der Waals surface area contributed by atoms with Crippen LogP contribution in [0.1, 0.15) is 24.8 Å². The first-order chi connectivity index (χ1) is 8.79. The third-order valence-electron chi connectivity index (χ3n) is 3.81. The fraction of sp³-hybridized carbons (Fsp3) is 0.615. The molecular weight excluding hydrogens is 255 g/mol. The number of hydrogen-bond acceptors (Lipinski definition) is 3. The molecule has 3 rings (SSSR count). The summed E-state index contributed by atoms with van der Waals surface area (Å²) in [5, 5.41) is 0. The predicted octanol–water partition coefficient (Wildman–Crippen LogP) is 2.72. The first-order valence-corrected chi connectivity index (χ1v) is 6.91. The predicted molar refractivity (Wildman–Crippen MR) is 68.5 cm³/mol. The van der Waals surface area contributed by atoms with Crippen LogP contribution in [-0.2, 0) is 10.6 Å². The minimum atomic E-state index is -0.328. The highest BCUT2D eigenvalue weighted by Crippen LogP contribution is 2.34. The van der Waals surface area contributed by atoms with Gasteiger partial charge in [-0.25, -0.2) is 9.37 Å². The summed E-state index contributed by atoms with van der Waals surface area (Å²) < 4.78 is 19.0. The number of hydrogen-bond donors (Lipinski definition) is 0. The Kier molecular flexibility index (Phi) is 3.39. The molecule has 0 bridgehead atoms. The first kappa shape index (κ1) is 12.2. The van der Waals surface area contributed by atoms with Crippen LogP contribution in [0, 0.1) is 5.82 Å². The van der Waals surface area contributed by atoms with Crippen LogP contribution in [0.25, 0.3) is 0 Å². The van der Waals surface area contributed by atoms with Crippen LogP contribution < -0.4 is 4.90 Å². The molecule has 5 heteroatoms. The number of aromatic nitrogens is 1. The van der Waals surface area contributed by atoms with Gasteiger partial charge in [-0.3, -0.25) is 0 Å². The Morgan fingerprint density at radius 1 is 1.50 bits per heavy atom. The number of pyridine rings is 1. The zero-order valence-corrected chi connectivity index (χ0v) is 10.9. The quantitative estimate of drug-likeness (QED) is 0.773. The second-order valence-electron chi connectivity index (χ2n) is 4.87. The Balaban J connectivity index is 1.93. The highest BCUT2D eigenvalue weighted by Gasteiger charge is 2.37. The zero-order chi connectivity index (χ0) is 12.5. The maximum atomic E-state index is 13.2. The molecule has 98 valence electrons. The lowest BCUT2D eigenvalue weighted by atomic mass is 10.1. The van der Waals surface area contributed by atoms with E-state index < -0.39 is 0 Å². The minimum absolute atomic E-state index is 0.287. The van der Waals surface area contributed by atoms with E-state index in [-0.39, 0.29) is 11.7 Å². The van der Waals surface area contributed by atoms with E-state index in [9.17, 15) is 4.39 Å². The first-order valence-electron chi connectivity index (χ1n) is 6.38. The van der Waals surface area contributed by atoms with Gasteiger partial charge in [-0.1, -0.05) is 0 Å². The Labute approximate surface area is 111 Å². The van der Waals surface area contributed by atoms with Gasteiger partial charge in [-0.15, -0.1) is 11.6 Å². The average molecular weight is 271 g/mol. The SMILES string of the molecule is Fc1cnc(N2CCOC3CCCC32)c(CCl)c1. The molecule has 18 heavy (non-hydrogen) atoms. The van der Waals surface area contributed by atoms with Crippen LogP contribution in [0.15, 0.2) is 12.3 Å². The number of ether oxygens (including phenoxy) is 1. The molecule has 2 unspecified atom stereocenters. The van der Waals surface area contributed by atoms with E-state index in [1.54, 1.807) is 0 Å². The van der Waals surface area contributed by atoms with Gasteiger partial charge in [0.05, 0.1) is 30.8 Å². The average Bonchev–Trinajstić information content (AvgIpc) is 2.86. The van der Waals surface area contributed by atoms with Gasteiger partial charge in [0, 0.05) is 12.1 Å². The lowest BCUT2D eigenvalue weighted by Gasteiger charge is -2.39. The Hall–Kier alpha value is -0.870. The molecule has 0 amide bonds. The molecule has 0 radical (unpaired) electrons. The van der Waals surface area contributed by atoms with Gasteiger partial charge < -0.3 is 9.64 Å². The normalized spacial score (nSPS) is 27.3. The van der Waals surface area contributed by atoms with Crippen LogP contribution in [0.3, 0.4) is 0 Å². The van der Waals surface area contributed by atoms with E-state index in [2.05, 4.69) is 9.88 Å². The maximum absolute atomic E-state index is 13.2. The van der Waals surface area contributed by atoms with Crippen molar-refractivity contribution in [2.24, 2.45) is 0 Å². The van der Waals surface area contributed by atoms with Crippen molar-refractivity contribution in [2.45, 2.75) is 37.3 Å². The molecule has 1 saturated carbocycles. The number of halogens is 2. The van der Waals surface area contributed by atoms with E-state index in [1.165, 1.54) is 18.7 Å². The van der Waals surface area contributed by atoms with E-state index >= 15 is 0 Å². The fourth-order valence-corrected chi connectivity index (χ4v) is 3.22. The van der Waals surface area contributed by atoms with Crippen molar-refractivity contribution in [3.63, 3.8) is 0 Å². The zero-order valence-electron chi connectivity index (χ0n) is 10.1. The number of morpholine rings is 1. The molecule has 0 N–H and O–H groups in total. The van der Waals surface area contributed by atoms with Gasteiger partial charge in [0.1, 0.15) is 11.6 Å². The fourth-order valence-electron chi connectivity index (χ4n) is 3.02. The van der Waals surface area contributed by atoms with Crippen molar-refractivity contribution in [2.75, 3.05) is 18.1 Å². The molecule has 1 saturated heterocycles. The van der Waals surface area contributed by atoms with Gasteiger partial charge in [-0.05, 0) is 25.3 Å². The van der Waals surface area contributed by atoms with Crippen molar-refractivity contribution < 1.29 is 9.13 Å². The van der Waals surface area contributed by atoms with E-state index in [0.717, 1.165) is 30.8 Å². The van der Waals surface area contributed by atoms with Gasteiger partial charge in [-0.2, -0.15) is 0 Å². The van der Waals surface area contributed by atoms with Crippen molar-refractivity contribution in [1.82, 2.24) is 4.98 Å². The van der Waals surface area contributed by atoms with Crippen LogP contribution in [-0.4, -0.2) is 30.3 Å². The minimum Gasteiger partial charge on any atom is -0.374 e. The van der Waals surface area contributed by atoms with Gasteiger partial charge in [0.15, 0.2) is 0 Å². The van der Waals surface area contributed by atoms with Crippen molar-refractivity contribution in [3.8, 4) is 0 Å². The van der Waals surface area contributed by atoms with Crippen LogP contribution in [0.5, 0.6) is 0 Å². The largest absolute Gasteiger partial charge is 0.374 e. The van der Waals surface area contributed by atoms with Crippen LogP contribution >= 0.6 is 11.6 Å². The number of anilines is 1. The molecule has 1 aliphatic heterocycles. The van der Waals surface area contributed by atoms with Crippen molar-refractivity contribution >= 4 is 17.4 Å². The summed E-state index contributed by atoms with van der Waals surface area (Å²) in [6, 6.07) is 1.85. The Morgan fingerprint density at radius 3 is 3.22 bits per heavy atom. The molecule has 3 nitrogen and oxygen atoms in total. The lowest BCUT2D eigenvalue weighted by Crippen LogP contribution is -2.49. The van der Waals surface area contributed by atoms with Gasteiger partial charge in [0.25, 0.3) is 0 Å². The van der Waals surface area contributed by atoms with Crippen LogP contribution in [0.4, 0.5) is 10.2 Å². The van der Waals surface area contributed by atoms with Crippen LogP contribution in [0.2, 0.25) is 0 Å². The van der Waals surface area contributed by atoms with E-state index in [0.29, 0.717) is 18.8 Å². The maximum Gasteiger partial charge on any atom is 0.141 e. The summed E-state index contributed by atoms with van der Waals surface area (Å²) in [4.78, 5) is 6.49.